The number of nitrogens with zero attached hydrogens (tertiary/aromatic N) is 3. The molecule has 0 aliphatic heterocycles. The lowest BCUT2D eigenvalue weighted by molar-refractivity contribution is -0.142. The van der Waals surface area contributed by atoms with Crippen molar-refractivity contribution in [2.24, 2.45) is 0 Å². The minimum absolute atomic E-state index is 0.00543. The smallest absolute Gasteiger partial charge is 0.313 e. The first kappa shape index (κ1) is 21.7. The van der Waals surface area contributed by atoms with Crippen LogP contribution in [0.2, 0.25) is 0 Å². The molecule has 1 aromatic heterocycles. The highest BCUT2D eigenvalue weighted by atomic mass is 32.2. The van der Waals surface area contributed by atoms with Gasteiger partial charge < -0.3 is 9.30 Å². The molecule has 8 heteroatoms. The van der Waals surface area contributed by atoms with Crippen molar-refractivity contribution in [3.63, 3.8) is 0 Å². The van der Waals surface area contributed by atoms with Crippen molar-refractivity contribution < 1.29 is 18.7 Å². The van der Waals surface area contributed by atoms with Gasteiger partial charge in [0.2, 0.25) is 0 Å². The molecule has 2 aromatic carbocycles. The molecule has 0 amide bonds. The highest BCUT2D eigenvalue weighted by Crippen LogP contribution is 2.26. The number of carbonyl (C=O) groups is 2. The molecular weight excluding hydrogens is 405 g/mol. The number of hydrogen-bond acceptors (Lipinski definition) is 6. The Bertz CT molecular complexity index is 1010. The van der Waals surface area contributed by atoms with Gasteiger partial charge in [0.05, 0.1) is 18.4 Å². The Morgan fingerprint density at radius 3 is 2.47 bits per heavy atom. The number of hydrogen-bond donors (Lipinski definition) is 0. The van der Waals surface area contributed by atoms with E-state index >= 15 is 0 Å². The van der Waals surface area contributed by atoms with Gasteiger partial charge in [-0.2, -0.15) is 0 Å². The van der Waals surface area contributed by atoms with Crippen LogP contribution in [0.3, 0.4) is 0 Å². The molecular formula is C22H22FN3O3S. The Kier molecular flexibility index (Phi) is 7.35. The molecule has 3 aromatic rings. The van der Waals surface area contributed by atoms with Gasteiger partial charge >= 0.3 is 5.97 Å². The number of carbonyl (C=O) groups excluding carboxylic acids is 2. The van der Waals surface area contributed by atoms with E-state index in [1.807, 2.05) is 34.9 Å². The van der Waals surface area contributed by atoms with E-state index in [4.69, 9.17) is 4.74 Å². The number of Topliss-reactive ketones (excluding diaryl/α,β-unsaturated/α-hetero) is 1. The second-order valence-corrected chi connectivity index (χ2v) is 7.89. The number of ether oxygens (including phenoxy) is 1. The maximum atomic E-state index is 13.1. The summed E-state index contributed by atoms with van der Waals surface area (Å²) in [4.78, 5) is 24.7. The van der Waals surface area contributed by atoms with Crippen LogP contribution in [0.4, 0.5) is 4.39 Å². The molecule has 0 saturated heterocycles. The number of halogens is 1. The van der Waals surface area contributed by atoms with Crippen molar-refractivity contribution in [1.29, 1.82) is 0 Å². The second kappa shape index (κ2) is 10.2. The zero-order chi connectivity index (χ0) is 21.5. The van der Waals surface area contributed by atoms with Crippen LogP contribution in [-0.4, -0.2) is 38.4 Å². The normalized spacial score (nSPS) is 11.8. The number of benzene rings is 2. The van der Waals surface area contributed by atoms with Crippen molar-refractivity contribution in [2.45, 2.75) is 37.2 Å². The fourth-order valence-corrected chi connectivity index (χ4v) is 3.81. The maximum absolute atomic E-state index is 13.1. The molecule has 3 rings (SSSR count). The van der Waals surface area contributed by atoms with E-state index in [0.29, 0.717) is 23.1 Å². The third-order valence-electron chi connectivity index (χ3n) is 4.36. The van der Waals surface area contributed by atoms with Crippen LogP contribution in [0.25, 0.3) is 0 Å². The number of ketones is 1. The molecule has 0 radical (unpaired) electrons. The van der Waals surface area contributed by atoms with Gasteiger partial charge in [-0.3, -0.25) is 9.59 Å². The van der Waals surface area contributed by atoms with E-state index in [2.05, 4.69) is 10.2 Å². The van der Waals surface area contributed by atoms with Crippen LogP contribution >= 0.6 is 11.8 Å². The van der Waals surface area contributed by atoms with Gasteiger partial charge in [-0.05, 0) is 43.7 Å². The average Bonchev–Trinajstić information content (AvgIpc) is 3.09. The van der Waals surface area contributed by atoms with E-state index in [0.717, 1.165) is 5.56 Å². The predicted molar refractivity (Wildman–Crippen MR) is 112 cm³/mol. The summed E-state index contributed by atoms with van der Waals surface area (Å²) in [6, 6.07) is 15.2. The van der Waals surface area contributed by atoms with Gasteiger partial charge in [0.25, 0.3) is 0 Å². The molecule has 0 N–H and O–H groups in total. The first-order valence-corrected chi connectivity index (χ1v) is 10.4. The maximum Gasteiger partial charge on any atom is 0.313 e. The van der Waals surface area contributed by atoms with Gasteiger partial charge in [-0.15, -0.1) is 10.2 Å². The molecule has 30 heavy (non-hydrogen) atoms. The quantitative estimate of drug-likeness (QED) is 0.293. The zero-order valence-electron chi connectivity index (χ0n) is 16.7. The highest BCUT2D eigenvalue weighted by molar-refractivity contribution is 8.00. The molecule has 0 aliphatic rings. The van der Waals surface area contributed by atoms with Crippen LogP contribution < -0.4 is 0 Å². The lowest BCUT2D eigenvalue weighted by atomic mass is 10.1. The largest absolute Gasteiger partial charge is 0.466 e. The van der Waals surface area contributed by atoms with Crippen molar-refractivity contribution in [2.75, 3.05) is 6.61 Å². The van der Waals surface area contributed by atoms with Crippen LogP contribution in [0.1, 0.15) is 35.6 Å². The van der Waals surface area contributed by atoms with Gasteiger partial charge in [-0.25, -0.2) is 4.39 Å². The van der Waals surface area contributed by atoms with E-state index in [-0.39, 0.29) is 24.8 Å². The lowest BCUT2D eigenvalue weighted by Gasteiger charge is -2.13. The molecule has 156 valence electrons. The minimum Gasteiger partial charge on any atom is -0.466 e. The molecule has 1 heterocycles. The number of esters is 1. The van der Waals surface area contributed by atoms with E-state index in [1.165, 1.54) is 36.0 Å². The Morgan fingerprint density at radius 2 is 1.80 bits per heavy atom. The Balaban J connectivity index is 1.83. The summed E-state index contributed by atoms with van der Waals surface area (Å²) in [6.07, 6.45) is -0.00543. The van der Waals surface area contributed by atoms with E-state index in [9.17, 15) is 14.0 Å². The molecule has 1 atom stereocenters. The van der Waals surface area contributed by atoms with Crippen LogP contribution in [0.15, 0.2) is 59.8 Å². The van der Waals surface area contributed by atoms with Crippen LogP contribution in [0, 0.1) is 5.82 Å². The van der Waals surface area contributed by atoms with Crippen LogP contribution in [-0.2, 0) is 22.5 Å². The third kappa shape index (κ3) is 5.54. The van der Waals surface area contributed by atoms with Gasteiger partial charge in [0, 0.05) is 5.56 Å². The zero-order valence-corrected chi connectivity index (χ0v) is 17.6. The average molecular weight is 428 g/mol. The summed E-state index contributed by atoms with van der Waals surface area (Å²) in [5.41, 5.74) is 1.44. The molecule has 0 aliphatic carbocycles. The first-order valence-electron chi connectivity index (χ1n) is 9.56. The molecule has 0 unspecified atom stereocenters. The van der Waals surface area contributed by atoms with Crippen LogP contribution in [0.5, 0.6) is 0 Å². The summed E-state index contributed by atoms with van der Waals surface area (Å²) in [5.74, 6) is -0.438. The molecule has 0 fully saturated rings. The lowest BCUT2D eigenvalue weighted by Crippen LogP contribution is -2.17. The molecule has 0 saturated carbocycles. The van der Waals surface area contributed by atoms with Crippen molar-refractivity contribution >= 4 is 23.5 Å². The molecule has 6 nitrogen and oxygen atoms in total. The standard InChI is InChI=1S/C22H22FN3O3S/c1-3-29-20(27)13-19-24-25-22(26(19)14-16-7-5-4-6-8-16)30-15(2)21(28)17-9-11-18(23)12-10-17/h4-12,15H,3,13-14H2,1-2H3/t15-/m1/s1. The van der Waals surface area contributed by atoms with Gasteiger partial charge in [0.15, 0.2) is 10.9 Å². The summed E-state index contributed by atoms with van der Waals surface area (Å²) < 4.78 is 20.0. The van der Waals surface area contributed by atoms with Crippen molar-refractivity contribution in [3.05, 3.63) is 77.4 Å². The molecule has 0 bridgehead atoms. The topological polar surface area (TPSA) is 74.1 Å². The fourth-order valence-electron chi connectivity index (χ4n) is 2.86. The van der Waals surface area contributed by atoms with E-state index in [1.54, 1.807) is 13.8 Å². The summed E-state index contributed by atoms with van der Waals surface area (Å²) >= 11 is 1.25. The number of rotatable bonds is 9. The van der Waals surface area contributed by atoms with Gasteiger partial charge in [-0.1, -0.05) is 42.1 Å². The number of aromatic nitrogens is 3. The summed E-state index contributed by atoms with van der Waals surface area (Å²) in [5, 5.41) is 8.43. The Labute approximate surface area is 178 Å². The van der Waals surface area contributed by atoms with Crippen molar-refractivity contribution in [1.82, 2.24) is 14.8 Å². The molecule has 0 spiro atoms. The summed E-state index contributed by atoms with van der Waals surface area (Å²) in [6.45, 7) is 4.26. The second-order valence-electron chi connectivity index (χ2n) is 6.58. The summed E-state index contributed by atoms with van der Waals surface area (Å²) in [7, 11) is 0. The first-order chi connectivity index (χ1) is 14.5. The third-order valence-corrected chi connectivity index (χ3v) is 5.45. The monoisotopic (exact) mass is 427 g/mol. The fraction of sp³-hybridized carbons (Fsp3) is 0.273. The highest BCUT2D eigenvalue weighted by Gasteiger charge is 2.22. The van der Waals surface area contributed by atoms with Gasteiger partial charge in [0.1, 0.15) is 18.1 Å². The van der Waals surface area contributed by atoms with Crippen molar-refractivity contribution in [3.8, 4) is 0 Å². The Hall–Kier alpha value is -3.00. The Morgan fingerprint density at radius 1 is 1.10 bits per heavy atom. The minimum atomic E-state index is -0.468. The SMILES string of the molecule is CCOC(=O)Cc1nnc(S[C@H](C)C(=O)c2ccc(F)cc2)n1Cc1ccccc1. The van der Waals surface area contributed by atoms with E-state index < -0.39 is 11.1 Å². The number of thioether (sulfide) groups is 1. The predicted octanol–water partition coefficient (Wildman–Crippen LogP) is 3.93.